The van der Waals surface area contributed by atoms with Gasteiger partial charge in [-0.3, -0.25) is 9.52 Å². The van der Waals surface area contributed by atoms with Crippen LogP contribution in [0.2, 0.25) is 0 Å². The molecule has 2 aromatic rings. The van der Waals surface area contributed by atoms with Crippen LogP contribution in [0.5, 0.6) is 5.75 Å². The first-order valence-electron chi connectivity index (χ1n) is 8.42. The summed E-state index contributed by atoms with van der Waals surface area (Å²) in [6.45, 7) is 0. The van der Waals surface area contributed by atoms with Gasteiger partial charge in [0.2, 0.25) is 15.7 Å². The fourth-order valence-electron chi connectivity index (χ4n) is 2.76. The summed E-state index contributed by atoms with van der Waals surface area (Å²) in [4.78, 5) is 12.4. The summed E-state index contributed by atoms with van der Waals surface area (Å²) in [5.41, 5.74) is -0.446. The predicted molar refractivity (Wildman–Crippen MR) is 107 cm³/mol. The highest BCUT2D eigenvalue weighted by atomic mass is 32.2. The largest absolute Gasteiger partial charge is 0.506 e. The van der Waals surface area contributed by atoms with Gasteiger partial charge < -0.3 is 10.4 Å². The molecule has 1 unspecified atom stereocenters. The maximum Gasteiger partial charge on any atom is 0.266 e. The van der Waals surface area contributed by atoms with Crippen molar-refractivity contribution in [3.63, 3.8) is 0 Å². The number of phenols is 1. The van der Waals surface area contributed by atoms with Gasteiger partial charge in [0.1, 0.15) is 5.75 Å². The van der Waals surface area contributed by atoms with Crippen molar-refractivity contribution in [3.8, 4) is 5.75 Å². The lowest BCUT2D eigenvalue weighted by atomic mass is 9.90. The fraction of sp³-hybridized carbons (Fsp3) is 0.150. The van der Waals surface area contributed by atoms with E-state index in [1.807, 2.05) is 30.3 Å². The zero-order valence-electron chi connectivity index (χ0n) is 15.0. The predicted octanol–water partition coefficient (Wildman–Crippen LogP) is 3.45. The molecule has 1 amide bonds. The molecule has 1 atom stereocenters. The van der Waals surface area contributed by atoms with Crippen molar-refractivity contribution in [1.29, 1.82) is 0 Å². The Morgan fingerprint density at radius 2 is 1.89 bits per heavy atom. The number of alkyl halides is 1. The zero-order valence-corrected chi connectivity index (χ0v) is 15.8. The number of carbonyl (C=O) groups excluding carboxylic acids is 1. The molecule has 8 heteroatoms. The van der Waals surface area contributed by atoms with Crippen LogP contribution >= 0.6 is 0 Å². The normalized spacial score (nSPS) is 19.0. The second kappa shape index (κ2) is 7.47. The number of aromatic hydroxyl groups is 1. The number of benzene rings is 2. The summed E-state index contributed by atoms with van der Waals surface area (Å²) >= 11 is 0. The summed E-state index contributed by atoms with van der Waals surface area (Å²) in [6, 6.07) is 13.2. The fourth-order valence-corrected chi connectivity index (χ4v) is 3.32. The Morgan fingerprint density at radius 3 is 2.50 bits per heavy atom. The van der Waals surface area contributed by atoms with Gasteiger partial charge in [-0.05, 0) is 35.4 Å². The molecule has 0 fully saturated rings. The van der Waals surface area contributed by atoms with Crippen LogP contribution in [0.1, 0.15) is 12.0 Å². The number of allylic oxidation sites excluding steroid dienone is 3. The quantitative estimate of drug-likeness (QED) is 0.527. The maximum atomic E-state index is 15.1. The molecule has 0 saturated heterocycles. The van der Waals surface area contributed by atoms with Gasteiger partial charge in [0.05, 0.1) is 11.9 Å². The second-order valence-corrected chi connectivity index (χ2v) is 8.23. The van der Waals surface area contributed by atoms with E-state index in [1.54, 1.807) is 12.2 Å². The number of phenolic OH excluding ortho intramolecular Hbond substituents is 1. The third-order valence-electron chi connectivity index (χ3n) is 4.18. The lowest BCUT2D eigenvalue weighted by Crippen LogP contribution is -2.37. The average molecular weight is 402 g/mol. The molecule has 0 spiro atoms. The number of carbonyl (C=O) groups is 1. The van der Waals surface area contributed by atoms with E-state index in [1.165, 1.54) is 24.3 Å². The third kappa shape index (κ3) is 4.58. The molecule has 0 heterocycles. The van der Waals surface area contributed by atoms with Crippen molar-refractivity contribution in [2.45, 2.75) is 12.1 Å². The van der Waals surface area contributed by atoms with Gasteiger partial charge in [0.25, 0.3) is 5.91 Å². The molecule has 146 valence electrons. The Morgan fingerprint density at radius 1 is 1.18 bits per heavy atom. The van der Waals surface area contributed by atoms with Crippen LogP contribution in [0.3, 0.4) is 0 Å². The van der Waals surface area contributed by atoms with Crippen LogP contribution in [0.15, 0.2) is 66.8 Å². The molecular formula is C20H19FN2O4S. The van der Waals surface area contributed by atoms with Crippen LogP contribution < -0.4 is 10.0 Å². The maximum absolute atomic E-state index is 15.1. The Labute approximate surface area is 162 Å². The van der Waals surface area contributed by atoms with E-state index >= 15 is 4.39 Å². The minimum atomic E-state index is -3.63. The van der Waals surface area contributed by atoms with Crippen molar-refractivity contribution in [1.82, 2.24) is 0 Å². The lowest BCUT2D eigenvalue weighted by molar-refractivity contribution is -0.124. The van der Waals surface area contributed by atoms with Crippen molar-refractivity contribution >= 4 is 32.9 Å². The third-order valence-corrected chi connectivity index (χ3v) is 4.77. The molecule has 2 aromatic carbocycles. The smallest absolute Gasteiger partial charge is 0.266 e. The average Bonchev–Trinajstić information content (AvgIpc) is 2.64. The van der Waals surface area contributed by atoms with E-state index in [2.05, 4.69) is 10.0 Å². The molecule has 0 aliphatic heterocycles. The van der Waals surface area contributed by atoms with Crippen molar-refractivity contribution in [3.05, 3.63) is 72.3 Å². The van der Waals surface area contributed by atoms with Gasteiger partial charge in [-0.15, -0.1) is 0 Å². The summed E-state index contributed by atoms with van der Waals surface area (Å²) in [5, 5.41) is 12.2. The second-order valence-electron chi connectivity index (χ2n) is 6.49. The topological polar surface area (TPSA) is 95.5 Å². The van der Waals surface area contributed by atoms with Gasteiger partial charge in [-0.25, -0.2) is 12.8 Å². The molecule has 0 bridgehead atoms. The van der Waals surface area contributed by atoms with E-state index in [0.717, 1.165) is 17.4 Å². The van der Waals surface area contributed by atoms with Crippen LogP contribution in [-0.4, -0.2) is 31.4 Å². The summed E-state index contributed by atoms with van der Waals surface area (Å²) in [7, 11) is -3.63. The molecule has 3 N–H and O–H groups in total. The Kier molecular flexibility index (Phi) is 5.24. The Balaban J connectivity index is 1.74. The highest BCUT2D eigenvalue weighted by Crippen LogP contribution is 2.32. The van der Waals surface area contributed by atoms with E-state index in [0.29, 0.717) is 0 Å². The highest BCUT2D eigenvalue weighted by Gasteiger charge is 2.36. The van der Waals surface area contributed by atoms with Crippen molar-refractivity contribution < 1.29 is 22.7 Å². The van der Waals surface area contributed by atoms with Crippen LogP contribution in [-0.2, 0) is 14.8 Å². The van der Waals surface area contributed by atoms with Crippen molar-refractivity contribution in [2.24, 2.45) is 0 Å². The molecule has 1 aliphatic rings. The van der Waals surface area contributed by atoms with E-state index in [-0.39, 0.29) is 23.5 Å². The first kappa shape index (κ1) is 19.6. The molecular weight excluding hydrogens is 383 g/mol. The molecule has 1 aliphatic carbocycles. The Bertz CT molecular complexity index is 1060. The number of rotatable bonds is 5. The van der Waals surface area contributed by atoms with Crippen LogP contribution in [0.4, 0.5) is 15.8 Å². The number of nitrogens with one attached hydrogen (secondary N) is 2. The molecule has 3 rings (SSSR count). The van der Waals surface area contributed by atoms with E-state index < -0.39 is 21.6 Å². The first-order chi connectivity index (χ1) is 13.2. The van der Waals surface area contributed by atoms with Gasteiger partial charge in [-0.2, -0.15) is 0 Å². The van der Waals surface area contributed by atoms with Crippen LogP contribution in [0.25, 0.3) is 5.57 Å². The molecule has 0 radical (unpaired) electrons. The van der Waals surface area contributed by atoms with Gasteiger partial charge in [-0.1, -0.05) is 42.5 Å². The number of sulfonamides is 1. The number of hydrogen-bond donors (Lipinski definition) is 3. The lowest BCUT2D eigenvalue weighted by Gasteiger charge is -2.23. The number of amides is 1. The minimum absolute atomic E-state index is 0.112. The molecule has 6 nitrogen and oxygen atoms in total. The van der Waals surface area contributed by atoms with E-state index in [4.69, 9.17) is 0 Å². The van der Waals surface area contributed by atoms with Crippen LogP contribution in [0, 0.1) is 0 Å². The minimum Gasteiger partial charge on any atom is -0.506 e. The van der Waals surface area contributed by atoms with Gasteiger partial charge in [0.15, 0.2) is 0 Å². The molecule has 0 aromatic heterocycles. The monoisotopic (exact) mass is 402 g/mol. The molecule has 28 heavy (non-hydrogen) atoms. The SMILES string of the molecule is CS(=O)(=O)Nc1cc(NC(=O)C2(F)C=CC(c3ccccc3)=CC2)ccc1O. The highest BCUT2D eigenvalue weighted by molar-refractivity contribution is 7.92. The summed E-state index contributed by atoms with van der Waals surface area (Å²) in [5.74, 6) is -1.20. The first-order valence-corrected chi connectivity index (χ1v) is 10.3. The standard InChI is InChI=1S/C20H19FN2O4S/c1-28(26,27)23-17-13-16(7-8-18(17)24)22-19(25)20(21)11-9-15(10-12-20)14-5-3-2-4-6-14/h2-11,13,23-24H,12H2,1H3,(H,22,25). The Hall–Kier alpha value is -3.13. The van der Waals surface area contributed by atoms with Gasteiger partial charge in [0, 0.05) is 12.1 Å². The zero-order chi connectivity index (χ0) is 20.4. The van der Waals surface area contributed by atoms with Gasteiger partial charge >= 0.3 is 0 Å². The summed E-state index contributed by atoms with van der Waals surface area (Å²) < 4.78 is 39.9. The van der Waals surface area contributed by atoms with Crippen molar-refractivity contribution in [2.75, 3.05) is 16.3 Å². The summed E-state index contributed by atoms with van der Waals surface area (Å²) in [6.07, 6.45) is 5.22. The number of halogens is 1. The van der Waals surface area contributed by atoms with E-state index in [9.17, 15) is 18.3 Å². The molecule has 0 saturated carbocycles. The number of hydrogen-bond acceptors (Lipinski definition) is 4. The number of anilines is 2.